The average Bonchev–Trinajstić information content (AvgIpc) is 2.43. The Bertz CT molecular complexity index is 372. The lowest BCUT2D eigenvalue weighted by atomic mass is 10.5. The molecule has 11 heavy (non-hydrogen) atoms. The number of H-pyrrole nitrogens is 1. The van der Waals surface area contributed by atoms with Crippen molar-refractivity contribution in [3.05, 3.63) is 21.6 Å². The number of hydrogen-bond donors (Lipinski definition) is 1. The summed E-state index contributed by atoms with van der Waals surface area (Å²) in [6.45, 7) is 0. The number of thiophene rings is 1. The highest BCUT2D eigenvalue weighted by Gasteiger charge is 2.02. The maximum atomic E-state index is 10.3. The maximum absolute atomic E-state index is 10.3. The normalized spacial score (nSPS) is 10.6. The van der Waals surface area contributed by atoms with Gasteiger partial charge in [0.1, 0.15) is 0 Å². The predicted molar refractivity (Wildman–Crippen MR) is 49.3 cm³/mol. The first-order valence-electron chi connectivity index (χ1n) is 3.03. The van der Waals surface area contributed by atoms with Gasteiger partial charge >= 0.3 is 0 Å². The molecule has 2 nitrogen and oxygen atoms in total. The number of aldehydes is 1. The van der Waals surface area contributed by atoms with Gasteiger partial charge in [0.2, 0.25) is 0 Å². The van der Waals surface area contributed by atoms with E-state index in [2.05, 4.69) is 20.9 Å². The first kappa shape index (κ1) is 7.06. The SMILES string of the molecule is O=Cc1cc2sc(Br)cc2[nH]1. The minimum absolute atomic E-state index is 0.638. The fraction of sp³-hybridized carbons (Fsp3) is 0. The number of nitrogens with one attached hydrogen (secondary N) is 1. The maximum Gasteiger partial charge on any atom is 0.166 e. The molecule has 2 rings (SSSR count). The van der Waals surface area contributed by atoms with E-state index in [1.54, 1.807) is 11.3 Å². The largest absolute Gasteiger partial charge is 0.352 e. The zero-order chi connectivity index (χ0) is 7.84. The molecule has 0 spiro atoms. The molecule has 0 saturated heterocycles. The van der Waals surface area contributed by atoms with Gasteiger partial charge in [-0.3, -0.25) is 4.79 Å². The molecule has 56 valence electrons. The van der Waals surface area contributed by atoms with E-state index in [4.69, 9.17) is 0 Å². The van der Waals surface area contributed by atoms with Crippen LogP contribution in [0, 0.1) is 0 Å². The molecule has 0 aliphatic rings. The fourth-order valence-corrected chi connectivity index (χ4v) is 2.52. The van der Waals surface area contributed by atoms with Crippen molar-refractivity contribution in [1.29, 1.82) is 0 Å². The summed E-state index contributed by atoms with van der Waals surface area (Å²) < 4.78 is 2.19. The lowest BCUT2D eigenvalue weighted by Gasteiger charge is -1.76. The first-order chi connectivity index (χ1) is 5.29. The van der Waals surface area contributed by atoms with Crippen molar-refractivity contribution < 1.29 is 4.79 Å². The van der Waals surface area contributed by atoms with Crippen molar-refractivity contribution in [2.75, 3.05) is 0 Å². The molecule has 0 atom stereocenters. The summed E-state index contributed by atoms with van der Waals surface area (Å²) in [5.74, 6) is 0. The molecule has 0 radical (unpaired) electrons. The van der Waals surface area contributed by atoms with E-state index in [0.29, 0.717) is 5.69 Å². The molecule has 0 unspecified atom stereocenters. The van der Waals surface area contributed by atoms with Gasteiger partial charge in [0.05, 0.1) is 19.7 Å². The van der Waals surface area contributed by atoms with Gasteiger partial charge in [0, 0.05) is 0 Å². The molecular weight excluding hydrogens is 226 g/mol. The topological polar surface area (TPSA) is 32.9 Å². The van der Waals surface area contributed by atoms with Crippen molar-refractivity contribution >= 4 is 43.8 Å². The van der Waals surface area contributed by atoms with E-state index in [0.717, 1.165) is 20.3 Å². The van der Waals surface area contributed by atoms with E-state index < -0.39 is 0 Å². The molecule has 0 saturated carbocycles. The minimum atomic E-state index is 0.638. The van der Waals surface area contributed by atoms with Gasteiger partial charge in [-0.1, -0.05) is 0 Å². The van der Waals surface area contributed by atoms with Crippen LogP contribution in [-0.2, 0) is 0 Å². The summed E-state index contributed by atoms with van der Waals surface area (Å²) in [6, 6.07) is 3.81. The highest BCUT2D eigenvalue weighted by atomic mass is 79.9. The molecular formula is C7H4BrNOS. The zero-order valence-corrected chi connectivity index (χ0v) is 7.83. The van der Waals surface area contributed by atoms with E-state index in [-0.39, 0.29) is 0 Å². The second kappa shape index (κ2) is 2.46. The summed E-state index contributed by atoms with van der Waals surface area (Å²) >= 11 is 4.98. The Morgan fingerprint density at radius 1 is 1.55 bits per heavy atom. The van der Waals surface area contributed by atoms with Gasteiger partial charge in [-0.15, -0.1) is 11.3 Å². The molecule has 0 bridgehead atoms. The van der Waals surface area contributed by atoms with Crippen LogP contribution in [0.25, 0.3) is 10.2 Å². The van der Waals surface area contributed by atoms with Gasteiger partial charge in [0.15, 0.2) is 6.29 Å². The molecule has 0 fully saturated rings. The quantitative estimate of drug-likeness (QED) is 0.750. The Morgan fingerprint density at radius 2 is 2.36 bits per heavy atom. The standard InChI is InChI=1S/C7H4BrNOS/c8-7-2-5-6(11-7)1-4(3-10)9-5/h1-3,9H. The summed E-state index contributed by atoms with van der Waals surface area (Å²) in [6.07, 6.45) is 0.820. The molecule has 1 N–H and O–H groups in total. The summed E-state index contributed by atoms with van der Waals surface area (Å²) in [5.41, 5.74) is 1.66. The van der Waals surface area contributed by atoms with Crippen LogP contribution in [0.3, 0.4) is 0 Å². The average molecular weight is 230 g/mol. The van der Waals surface area contributed by atoms with Gasteiger partial charge in [-0.25, -0.2) is 0 Å². The van der Waals surface area contributed by atoms with Gasteiger partial charge in [0.25, 0.3) is 0 Å². The van der Waals surface area contributed by atoms with Gasteiger partial charge in [-0.2, -0.15) is 0 Å². The van der Waals surface area contributed by atoms with Crippen LogP contribution < -0.4 is 0 Å². The fourth-order valence-electron chi connectivity index (χ4n) is 0.975. The Labute approximate surface area is 75.4 Å². The van der Waals surface area contributed by atoms with Crippen LogP contribution in [-0.4, -0.2) is 11.3 Å². The molecule has 2 heterocycles. The summed E-state index contributed by atoms with van der Waals surface area (Å²) in [7, 11) is 0. The molecule has 0 aliphatic carbocycles. The Kier molecular flexibility index (Phi) is 1.58. The van der Waals surface area contributed by atoms with Crippen molar-refractivity contribution in [2.24, 2.45) is 0 Å². The molecule has 2 aromatic rings. The minimum Gasteiger partial charge on any atom is -0.352 e. The van der Waals surface area contributed by atoms with Crippen LogP contribution in [0.15, 0.2) is 15.9 Å². The molecule has 0 aliphatic heterocycles. The lowest BCUT2D eigenvalue weighted by Crippen LogP contribution is -1.74. The number of hydrogen-bond acceptors (Lipinski definition) is 2. The number of carbonyl (C=O) groups is 1. The van der Waals surface area contributed by atoms with Crippen LogP contribution in [0.2, 0.25) is 0 Å². The Balaban J connectivity index is 2.72. The van der Waals surface area contributed by atoms with E-state index in [9.17, 15) is 4.79 Å². The number of fused-ring (bicyclic) bond motifs is 1. The molecule has 0 aromatic carbocycles. The van der Waals surface area contributed by atoms with Crippen molar-refractivity contribution in [1.82, 2.24) is 4.98 Å². The van der Waals surface area contributed by atoms with Crippen molar-refractivity contribution in [3.63, 3.8) is 0 Å². The lowest BCUT2D eigenvalue weighted by molar-refractivity contribution is 0.112. The van der Waals surface area contributed by atoms with Crippen LogP contribution in [0.4, 0.5) is 0 Å². The van der Waals surface area contributed by atoms with Crippen LogP contribution in [0.5, 0.6) is 0 Å². The first-order valence-corrected chi connectivity index (χ1v) is 4.64. The third-order valence-corrected chi connectivity index (χ3v) is 3.01. The third kappa shape index (κ3) is 1.12. The van der Waals surface area contributed by atoms with Crippen LogP contribution >= 0.6 is 27.3 Å². The number of aromatic nitrogens is 1. The highest BCUT2D eigenvalue weighted by molar-refractivity contribution is 9.11. The highest BCUT2D eigenvalue weighted by Crippen LogP contribution is 2.29. The Morgan fingerprint density at radius 3 is 3.00 bits per heavy atom. The van der Waals surface area contributed by atoms with Crippen molar-refractivity contribution in [3.8, 4) is 0 Å². The van der Waals surface area contributed by atoms with Crippen LogP contribution in [0.1, 0.15) is 10.5 Å². The summed E-state index contributed by atoms with van der Waals surface area (Å²) in [5, 5.41) is 0. The summed E-state index contributed by atoms with van der Waals surface area (Å²) in [4.78, 5) is 13.3. The van der Waals surface area contributed by atoms with Gasteiger partial charge in [-0.05, 0) is 28.1 Å². The number of aromatic amines is 1. The molecule has 4 heteroatoms. The number of halogens is 1. The third-order valence-electron chi connectivity index (χ3n) is 1.42. The Hall–Kier alpha value is -0.610. The van der Waals surface area contributed by atoms with E-state index >= 15 is 0 Å². The predicted octanol–water partition coefficient (Wildman–Crippen LogP) is 2.80. The number of carbonyl (C=O) groups excluding carboxylic acids is 1. The molecule has 0 amide bonds. The second-order valence-electron chi connectivity index (χ2n) is 2.17. The van der Waals surface area contributed by atoms with E-state index in [1.807, 2.05) is 12.1 Å². The molecule has 2 aromatic heterocycles. The smallest absolute Gasteiger partial charge is 0.166 e. The van der Waals surface area contributed by atoms with Crippen molar-refractivity contribution in [2.45, 2.75) is 0 Å². The second-order valence-corrected chi connectivity index (χ2v) is 4.63. The van der Waals surface area contributed by atoms with E-state index in [1.165, 1.54) is 0 Å². The van der Waals surface area contributed by atoms with Gasteiger partial charge < -0.3 is 4.98 Å². The monoisotopic (exact) mass is 229 g/mol. The number of rotatable bonds is 1. The zero-order valence-electron chi connectivity index (χ0n) is 5.43.